The summed E-state index contributed by atoms with van der Waals surface area (Å²) in [5.41, 5.74) is 5.37. The SMILES string of the molecule is CCCCCCCC/C=C\CCCCCCCCCC(=O)OC(COCCCCCCCCCCCCCCCCCC)COP(=O)(O)OCCN. The molecule has 0 radical (unpaired) electrons. The molecule has 52 heavy (non-hydrogen) atoms. The topological polar surface area (TPSA) is 117 Å². The van der Waals surface area contributed by atoms with Crippen molar-refractivity contribution in [2.24, 2.45) is 5.73 Å². The summed E-state index contributed by atoms with van der Waals surface area (Å²) in [4.78, 5) is 22.5. The highest BCUT2D eigenvalue weighted by Crippen LogP contribution is 2.43. The molecule has 0 aromatic carbocycles. The Morgan fingerprint density at radius 3 is 1.40 bits per heavy atom. The highest BCUT2D eigenvalue weighted by atomic mass is 31.2. The van der Waals surface area contributed by atoms with Crippen molar-refractivity contribution < 1.29 is 32.8 Å². The third kappa shape index (κ3) is 40.4. The first-order valence-electron chi connectivity index (χ1n) is 22.2. The van der Waals surface area contributed by atoms with Crippen LogP contribution in [0.2, 0.25) is 0 Å². The molecule has 0 amide bonds. The molecule has 3 N–H and O–H groups in total. The Bertz CT molecular complexity index is 812. The summed E-state index contributed by atoms with van der Waals surface area (Å²) in [6, 6.07) is 0. The van der Waals surface area contributed by atoms with Gasteiger partial charge in [-0.05, 0) is 38.5 Å². The van der Waals surface area contributed by atoms with Crippen LogP contribution in [0.15, 0.2) is 12.2 Å². The molecule has 310 valence electrons. The predicted octanol–water partition coefficient (Wildman–Crippen LogP) is 13.1. The highest BCUT2D eigenvalue weighted by molar-refractivity contribution is 7.47. The van der Waals surface area contributed by atoms with Gasteiger partial charge in [-0.3, -0.25) is 13.8 Å². The largest absolute Gasteiger partial charge is 0.472 e. The number of hydrogen-bond acceptors (Lipinski definition) is 7. The fourth-order valence-electron chi connectivity index (χ4n) is 6.40. The number of carbonyl (C=O) groups is 1. The number of nitrogens with two attached hydrogens (primary N) is 1. The molecule has 2 unspecified atom stereocenters. The molecule has 9 heteroatoms. The number of esters is 1. The summed E-state index contributed by atoms with van der Waals surface area (Å²) < 4.78 is 33.4. The smallest absolute Gasteiger partial charge is 0.457 e. The zero-order valence-electron chi connectivity index (χ0n) is 34.3. The van der Waals surface area contributed by atoms with Gasteiger partial charge in [0.15, 0.2) is 0 Å². The monoisotopic (exact) mass is 760 g/mol. The molecule has 0 heterocycles. The average molecular weight is 760 g/mol. The number of hydrogen-bond donors (Lipinski definition) is 2. The van der Waals surface area contributed by atoms with Crippen LogP contribution in [-0.2, 0) is 27.9 Å². The third-order valence-electron chi connectivity index (χ3n) is 9.68. The molecular formula is C43H86NO7P. The lowest BCUT2D eigenvalue weighted by Crippen LogP contribution is -2.28. The van der Waals surface area contributed by atoms with Crippen LogP contribution in [0.4, 0.5) is 0 Å². The summed E-state index contributed by atoms with van der Waals surface area (Å²) in [5, 5.41) is 0. The molecule has 0 aromatic heterocycles. The van der Waals surface area contributed by atoms with Gasteiger partial charge in [-0.15, -0.1) is 0 Å². The van der Waals surface area contributed by atoms with Crippen LogP contribution in [0.25, 0.3) is 0 Å². The van der Waals surface area contributed by atoms with Gasteiger partial charge in [-0.1, -0.05) is 187 Å². The van der Waals surface area contributed by atoms with Crippen LogP contribution < -0.4 is 5.73 Å². The van der Waals surface area contributed by atoms with Crippen molar-refractivity contribution in [1.29, 1.82) is 0 Å². The quantitative estimate of drug-likeness (QED) is 0.0273. The number of carbonyl (C=O) groups excluding carboxylic acids is 1. The standard InChI is InChI=1S/C43H86NO7P/c1-3-5-7-9-11-13-15-17-19-21-22-24-26-28-30-32-34-36-43(45)51-42(41-50-52(46,47)49-39-37-44)40-48-38-35-33-31-29-27-25-23-20-18-16-14-12-10-8-6-4-2/h17,19,42H,3-16,18,20-41,44H2,1-2H3,(H,46,47)/b19-17-. The maximum atomic E-state index is 12.6. The fraction of sp³-hybridized carbons (Fsp3) is 0.930. The molecule has 0 aliphatic rings. The zero-order chi connectivity index (χ0) is 38.1. The third-order valence-corrected chi connectivity index (χ3v) is 10.7. The molecule has 0 saturated heterocycles. The molecule has 0 fully saturated rings. The minimum absolute atomic E-state index is 0.0929. The van der Waals surface area contributed by atoms with E-state index in [1.54, 1.807) is 0 Å². The van der Waals surface area contributed by atoms with Gasteiger partial charge < -0.3 is 20.1 Å². The van der Waals surface area contributed by atoms with Crippen molar-refractivity contribution in [1.82, 2.24) is 0 Å². The lowest BCUT2D eigenvalue weighted by molar-refractivity contribution is -0.154. The molecule has 0 spiro atoms. The van der Waals surface area contributed by atoms with Gasteiger partial charge in [0.25, 0.3) is 0 Å². The van der Waals surface area contributed by atoms with Crippen LogP contribution >= 0.6 is 7.82 Å². The van der Waals surface area contributed by atoms with E-state index in [1.807, 2.05) is 0 Å². The van der Waals surface area contributed by atoms with E-state index in [-0.39, 0.29) is 32.3 Å². The number of ether oxygens (including phenoxy) is 2. The predicted molar refractivity (Wildman–Crippen MR) is 220 cm³/mol. The van der Waals surface area contributed by atoms with Crippen LogP contribution in [0, 0.1) is 0 Å². The van der Waals surface area contributed by atoms with Gasteiger partial charge in [-0.25, -0.2) is 4.57 Å². The van der Waals surface area contributed by atoms with E-state index in [1.165, 1.54) is 167 Å². The molecule has 0 rings (SSSR count). The van der Waals surface area contributed by atoms with Crippen LogP contribution in [0.1, 0.15) is 219 Å². The number of rotatable bonds is 43. The van der Waals surface area contributed by atoms with Crippen LogP contribution in [0.5, 0.6) is 0 Å². The second-order valence-electron chi connectivity index (χ2n) is 14.9. The van der Waals surface area contributed by atoms with Crippen LogP contribution in [0.3, 0.4) is 0 Å². The van der Waals surface area contributed by atoms with Crippen molar-refractivity contribution in [3.05, 3.63) is 12.2 Å². The Labute approximate surface area is 322 Å². The maximum Gasteiger partial charge on any atom is 0.472 e. The maximum absolute atomic E-state index is 12.6. The van der Waals surface area contributed by atoms with E-state index in [9.17, 15) is 14.3 Å². The number of unbranched alkanes of at least 4 members (excludes halogenated alkanes) is 28. The number of allylic oxidation sites excluding steroid dienone is 2. The van der Waals surface area contributed by atoms with Crippen molar-refractivity contribution in [3.63, 3.8) is 0 Å². The summed E-state index contributed by atoms with van der Waals surface area (Å²) in [7, 11) is -4.27. The second-order valence-corrected chi connectivity index (χ2v) is 16.4. The Morgan fingerprint density at radius 1 is 0.558 bits per heavy atom. The van der Waals surface area contributed by atoms with E-state index in [4.69, 9.17) is 24.3 Å². The van der Waals surface area contributed by atoms with Gasteiger partial charge in [0.1, 0.15) is 6.10 Å². The van der Waals surface area contributed by atoms with Crippen molar-refractivity contribution in [3.8, 4) is 0 Å². The van der Waals surface area contributed by atoms with E-state index < -0.39 is 13.9 Å². The van der Waals surface area contributed by atoms with Gasteiger partial charge in [0.2, 0.25) is 0 Å². The Hall–Kier alpha value is -0.760. The van der Waals surface area contributed by atoms with Gasteiger partial charge in [0.05, 0.1) is 19.8 Å². The van der Waals surface area contributed by atoms with E-state index in [0.717, 1.165) is 32.1 Å². The molecule has 0 aromatic rings. The lowest BCUT2D eigenvalue weighted by atomic mass is 10.0. The minimum atomic E-state index is -4.27. The Kier molecular flexibility index (Phi) is 40.8. The average Bonchev–Trinajstić information content (AvgIpc) is 3.13. The summed E-state index contributed by atoms with van der Waals surface area (Å²) in [6.07, 6.45) is 43.7. The first-order valence-corrected chi connectivity index (χ1v) is 23.7. The molecule has 0 saturated carbocycles. The Balaban J connectivity index is 3.99. The van der Waals surface area contributed by atoms with Gasteiger partial charge in [0, 0.05) is 19.6 Å². The zero-order valence-corrected chi connectivity index (χ0v) is 35.2. The van der Waals surface area contributed by atoms with Gasteiger partial charge in [-0.2, -0.15) is 0 Å². The normalized spacial score (nSPS) is 13.5. The van der Waals surface area contributed by atoms with Crippen molar-refractivity contribution in [2.75, 3.05) is 33.0 Å². The van der Waals surface area contributed by atoms with E-state index >= 15 is 0 Å². The molecule has 0 aliphatic carbocycles. The Morgan fingerprint density at radius 2 is 0.962 bits per heavy atom. The summed E-state index contributed by atoms with van der Waals surface area (Å²) >= 11 is 0. The first-order chi connectivity index (χ1) is 25.4. The van der Waals surface area contributed by atoms with Gasteiger partial charge >= 0.3 is 13.8 Å². The fourth-order valence-corrected chi connectivity index (χ4v) is 7.17. The number of phosphoric acid groups is 1. The second kappa shape index (κ2) is 41.4. The van der Waals surface area contributed by atoms with Crippen molar-refractivity contribution in [2.45, 2.75) is 225 Å². The summed E-state index contributed by atoms with van der Waals surface area (Å²) in [5.74, 6) is -0.331. The lowest BCUT2D eigenvalue weighted by Gasteiger charge is -2.20. The molecule has 0 aliphatic heterocycles. The molecule has 2 atom stereocenters. The molecule has 8 nitrogen and oxygen atoms in total. The van der Waals surface area contributed by atoms with Crippen molar-refractivity contribution >= 4 is 13.8 Å². The van der Waals surface area contributed by atoms with E-state index in [0.29, 0.717) is 13.0 Å². The highest BCUT2D eigenvalue weighted by Gasteiger charge is 2.25. The summed E-state index contributed by atoms with van der Waals surface area (Å²) in [6.45, 7) is 4.96. The molecule has 0 bridgehead atoms. The molecular weight excluding hydrogens is 673 g/mol. The first kappa shape index (κ1) is 51.2. The minimum Gasteiger partial charge on any atom is -0.457 e. The number of phosphoric ester groups is 1. The van der Waals surface area contributed by atoms with Crippen LogP contribution in [-0.4, -0.2) is 49.9 Å². The van der Waals surface area contributed by atoms with E-state index in [2.05, 4.69) is 26.0 Å².